The summed E-state index contributed by atoms with van der Waals surface area (Å²) in [5.41, 5.74) is 5.26. The van der Waals surface area contributed by atoms with E-state index in [0.29, 0.717) is 16.2 Å². The molecule has 2 amide bonds. The van der Waals surface area contributed by atoms with E-state index in [9.17, 15) is 28.3 Å². The van der Waals surface area contributed by atoms with Crippen molar-refractivity contribution in [3.8, 4) is 5.88 Å². The van der Waals surface area contributed by atoms with Gasteiger partial charge in [0, 0.05) is 22.6 Å². The van der Waals surface area contributed by atoms with Crippen molar-refractivity contribution in [1.29, 1.82) is 0 Å². The molecular formula is C23H15F2N3O4. The van der Waals surface area contributed by atoms with Gasteiger partial charge in [-0.1, -0.05) is 30.3 Å². The largest absolute Gasteiger partial charge is 0.494 e. The first-order valence-electron chi connectivity index (χ1n) is 9.31. The molecule has 0 unspecified atom stereocenters. The van der Waals surface area contributed by atoms with Crippen LogP contribution in [-0.4, -0.2) is 27.4 Å². The minimum atomic E-state index is -1.07. The molecule has 4 rings (SSSR count). The highest BCUT2D eigenvalue weighted by atomic mass is 19.1. The van der Waals surface area contributed by atoms with Gasteiger partial charge in [0.2, 0.25) is 5.88 Å². The molecule has 0 bridgehead atoms. The van der Waals surface area contributed by atoms with Crippen molar-refractivity contribution in [2.45, 2.75) is 0 Å². The van der Waals surface area contributed by atoms with Crippen LogP contribution < -0.4 is 11.1 Å². The van der Waals surface area contributed by atoms with E-state index in [1.54, 1.807) is 30.3 Å². The molecule has 4 N–H and O–H groups in total. The predicted octanol–water partition coefficient (Wildman–Crippen LogP) is 4.04. The number of primary amides is 1. The minimum absolute atomic E-state index is 0.0445. The first kappa shape index (κ1) is 20.7. The third kappa shape index (κ3) is 3.56. The maximum absolute atomic E-state index is 14.0. The summed E-state index contributed by atoms with van der Waals surface area (Å²) in [5.74, 6) is -3.98. The molecule has 32 heavy (non-hydrogen) atoms. The molecule has 0 spiro atoms. The molecule has 9 heteroatoms. The van der Waals surface area contributed by atoms with Gasteiger partial charge in [-0.25, -0.2) is 18.1 Å². The second-order valence-corrected chi connectivity index (χ2v) is 6.88. The predicted molar refractivity (Wildman–Crippen MR) is 113 cm³/mol. The zero-order valence-corrected chi connectivity index (χ0v) is 16.3. The van der Waals surface area contributed by atoms with E-state index in [4.69, 9.17) is 5.73 Å². The molecule has 1 aromatic heterocycles. The molecule has 0 aliphatic heterocycles. The van der Waals surface area contributed by atoms with Crippen LogP contribution in [0.15, 0.2) is 66.7 Å². The van der Waals surface area contributed by atoms with Gasteiger partial charge in [-0.2, -0.15) is 0 Å². The number of nitrogens with two attached hydrogens (primary N) is 1. The van der Waals surface area contributed by atoms with E-state index in [-0.39, 0.29) is 27.9 Å². The monoisotopic (exact) mass is 435 g/mol. The number of halogens is 2. The van der Waals surface area contributed by atoms with Gasteiger partial charge in [-0.3, -0.25) is 9.59 Å². The molecule has 160 valence electrons. The molecule has 0 saturated heterocycles. The Balaban J connectivity index is 1.84. The van der Waals surface area contributed by atoms with Crippen LogP contribution in [0.2, 0.25) is 0 Å². The lowest BCUT2D eigenvalue weighted by Gasteiger charge is -2.07. The first-order valence-corrected chi connectivity index (χ1v) is 9.31. The van der Waals surface area contributed by atoms with E-state index < -0.39 is 35.0 Å². The normalized spacial score (nSPS) is 10.8. The second kappa shape index (κ2) is 7.95. The van der Waals surface area contributed by atoms with Crippen LogP contribution in [0.1, 0.15) is 26.3 Å². The molecule has 4 aromatic rings. The number of benzene rings is 3. The lowest BCUT2D eigenvalue weighted by Crippen LogP contribution is -2.19. The van der Waals surface area contributed by atoms with Crippen LogP contribution in [0.4, 0.5) is 19.3 Å². The summed E-state index contributed by atoms with van der Waals surface area (Å²) in [5, 5.41) is 12.8. The zero-order valence-electron chi connectivity index (χ0n) is 16.3. The maximum atomic E-state index is 14.0. The summed E-state index contributed by atoms with van der Waals surface area (Å²) in [7, 11) is 0. The number of hydrogen-bond acceptors (Lipinski definition) is 4. The van der Waals surface area contributed by atoms with Crippen molar-refractivity contribution < 1.29 is 28.3 Å². The number of nitrogens with one attached hydrogen (secondary N) is 1. The summed E-state index contributed by atoms with van der Waals surface area (Å²) in [6.45, 7) is 0. The van der Waals surface area contributed by atoms with E-state index in [1.807, 2.05) is 0 Å². The number of ketones is 1. The molecule has 0 radical (unpaired) electrons. The summed E-state index contributed by atoms with van der Waals surface area (Å²) in [6.07, 6.45) is 0. The third-order valence-corrected chi connectivity index (χ3v) is 4.87. The van der Waals surface area contributed by atoms with Gasteiger partial charge >= 0.3 is 6.03 Å². The number of hydrogen-bond donors (Lipinski definition) is 3. The van der Waals surface area contributed by atoms with Crippen molar-refractivity contribution in [3.63, 3.8) is 0 Å². The molecule has 1 heterocycles. The summed E-state index contributed by atoms with van der Waals surface area (Å²) >= 11 is 0. The van der Waals surface area contributed by atoms with Gasteiger partial charge in [0.05, 0.1) is 11.2 Å². The van der Waals surface area contributed by atoms with Gasteiger partial charge in [0.25, 0.3) is 5.91 Å². The Kier molecular flexibility index (Phi) is 5.15. The molecule has 0 aliphatic rings. The average molecular weight is 435 g/mol. The molecule has 7 nitrogen and oxygen atoms in total. The number of anilines is 1. The number of nitrogens with zero attached hydrogens (tertiary/aromatic N) is 1. The van der Waals surface area contributed by atoms with Crippen LogP contribution >= 0.6 is 0 Å². The number of carbonyl (C=O) groups is 3. The quantitative estimate of drug-likeness (QED) is 0.420. The Morgan fingerprint density at radius 1 is 0.906 bits per heavy atom. The zero-order chi connectivity index (χ0) is 23.0. The SMILES string of the molecule is NC(=O)n1c(O)c(C(=O)Nc2ccc(F)cc2F)c2cc(C(=O)c3ccccc3)ccc21. The molecule has 3 aromatic carbocycles. The Hall–Kier alpha value is -4.53. The highest BCUT2D eigenvalue weighted by Gasteiger charge is 2.26. The Morgan fingerprint density at radius 2 is 1.62 bits per heavy atom. The number of aromatic hydroxyl groups is 1. The van der Waals surface area contributed by atoms with Crippen molar-refractivity contribution in [3.05, 3.63) is 95.1 Å². The Labute approximate surface area is 179 Å². The molecule has 0 aliphatic carbocycles. The molecule has 0 fully saturated rings. The summed E-state index contributed by atoms with van der Waals surface area (Å²) in [4.78, 5) is 37.6. The van der Waals surface area contributed by atoms with Gasteiger partial charge in [0.1, 0.15) is 17.2 Å². The van der Waals surface area contributed by atoms with Crippen molar-refractivity contribution in [1.82, 2.24) is 4.57 Å². The van der Waals surface area contributed by atoms with Crippen LogP contribution in [0, 0.1) is 11.6 Å². The minimum Gasteiger partial charge on any atom is -0.494 e. The van der Waals surface area contributed by atoms with Crippen molar-refractivity contribution >= 4 is 34.3 Å². The third-order valence-electron chi connectivity index (χ3n) is 4.87. The Morgan fingerprint density at radius 3 is 2.28 bits per heavy atom. The number of amides is 2. The summed E-state index contributed by atoms with van der Waals surface area (Å²) < 4.78 is 27.8. The fourth-order valence-corrected chi connectivity index (χ4v) is 3.40. The van der Waals surface area contributed by atoms with Crippen LogP contribution in [-0.2, 0) is 0 Å². The lowest BCUT2D eigenvalue weighted by molar-refractivity contribution is 0.102. The van der Waals surface area contributed by atoms with Crippen LogP contribution in [0.25, 0.3) is 10.9 Å². The van der Waals surface area contributed by atoms with E-state index >= 15 is 0 Å². The highest BCUT2D eigenvalue weighted by Crippen LogP contribution is 2.33. The number of rotatable bonds is 4. The van der Waals surface area contributed by atoms with Gasteiger partial charge in [-0.05, 0) is 30.3 Å². The van der Waals surface area contributed by atoms with Crippen LogP contribution in [0.5, 0.6) is 5.88 Å². The van der Waals surface area contributed by atoms with Gasteiger partial charge < -0.3 is 16.2 Å². The maximum Gasteiger partial charge on any atom is 0.326 e. The number of aromatic nitrogens is 1. The molecule has 0 saturated carbocycles. The second-order valence-electron chi connectivity index (χ2n) is 6.88. The summed E-state index contributed by atoms with van der Waals surface area (Å²) in [6, 6.07) is 14.0. The van der Waals surface area contributed by atoms with E-state index in [0.717, 1.165) is 12.1 Å². The van der Waals surface area contributed by atoms with Gasteiger partial charge in [-0.15, -0.1) is 0 Å². The topological polar surface area (TPSA) is 114 Å². The van der Waals surface area contributed by atoms with E-state index in [1.165, 1.54) is 18.2 Å². The fourth-order valence-electron chi connectivity index (χ4n) is 3.40. The number of fused-ring (bicyclic) bond motifs is 1. The number of carbonyl (C=O) groups excluding carboxylic acids is 3. The van der Waals surface area contributed by atoms with Crippen LogP contribution in [0.3, 0.4) is 0 Å². The molecule has 0 atom stereocenters. The first-order chi connectivity index (χ1) is 15.3. The fraction of sp³-hybridized carbons (Fsp3) is 0. The highest BCUT2D eigenvalue weighted by molar-refractivity contribution is 6.18. The van der Waals surface area contributed by atoms with Crippen molar-refractivity contribution in [2.75, 3.05) is 5.32 Å². The lowest BCUT2D eigenvalue weighted by atomic mass is 10.0. The standard InChI is InChI=1S/C23H15F2N3O4/c24-14-7-8-17(16(25)11-14)27-21(30)19-15-10-13(20(29)12-4-2-1-3-5-12)6-9-18(15)28(22(19)31)23(26)32/h1-11,31H,(H2,26,32)(H,27,30). The average Bonchev–Trinajstić information content (AvgIpc) is 3.07. The van der Waals surface area contributed by atoms with E-state index in [2.05, 4.69) is 5.32 Å². The smallest absolute Gasteiger partial charge is 0.326 e. The van der Waals surface area contributed by atoms with Gasteiger partial charge in [0.15, 0.2) is 5.78 Å². The van der Waals surface area contributed by atoms with Crippen molar-refractivity contribution in [2.24, 2.45) is 5.73 Å². The molecular weight excluding hydrogens is 420 g/mol. The Bertz CT molecular complexity index is 1400.